The van der Waals surface area contributed by atoms with Crippen LogP contribution in [-0.4, -0.2) is 52.3 Å². The summed E-state index contributed by atoms with van der Waals surface area (Å²) in [5, 5.41) is 9.53. The Morgan fingerprint density at radius 3 is 2.23 bits per heavy atom. The fourth-order valence-corrected chi connectivity index (χ4v) is 2.43. The van der Waals surface area contributed by atoms with Crippen molar-refractivity contribution in [3.63, 3.8) is 0 Å². The normalized spacial score (nSPS) is 11.0. The first-order valence-corrected chi connectivity index (χ1v) is 9.47. The first-order chi connectivity index (χ1) is 12.8. The molecule has 0 radical (unpaired) electrons. The van der Waals surface area contributed by atoms with Gasteiger partial charge in [-0.25, -0.2) is 0 Å². The second kappa shape index (κ2) is 15.4. The van der Waals surface area contributed by atoms with E-state index in [0.29, 0.717) is 13.1 Å². The molecule has 0 aliphatic heterocycles. The van der Waals surface area contributed by atoms with Gasteiger partial charge in [0, 0.05) is 32.3 Å². The lowest BCUT2D eigenvalue weighted by molar-refractivity contribution is -0.116. The quantitative estimate of drug-likeness (QED) is 0.281. The van der Waals surface area contributed by atoms with Crippen LogP contribution in [0.3, 0.4) is 0 Å². The number of methoxy groups -OCH3 is 1. The molecular formula is C20H34N4O2. The number of carbonyl (C=O) groups excluding carboxylic acids is 1. The topological polar surface area (TPSA) is 88.4 Å². The van der Waals surface area contributed by atoms with Crippen molar-refractivity contribution in [3.8, 4) is 5.75 Å². The van der Waals surface area contributed by atoms with E-state index in [1.54, 1.807) is 19.3 Å². The maximum absolute atomic E-state index is 11.8. The van der Waals surface area contributed by atoms with Crippen LogP contribution in [0.1, 0.15) is 31.2 Å². The number of unbranched alkanes of at least 4 members (excludes halogenated alkanes) is 3. The minimum atomic E-state index is -0.0763. The van der Waals surface area contributed by atoms with E-state index in [4.69, 9.17) is 10.5 Å². The maximum Gasteiger partial charge on any atom is 0.244 e. The SMILES string of the molecule is COc1ccc(/C=C/C(=O)NCCNCCCCCCNCCN)cc1. The van der Waals surface area contributed by atoms with Crippen LogP contribution in [0.5, 0.6) is 5.75 Å². The molecule has 0 aromatic heterocycles. The minimum absolute atomic E-state index is 0.0763. The van der Waals surface area contributed by atoms with Gasteiger partial charge in [0.1, 0.15) is 5.75 Å². The summed E-state index contributed by atoms with van der Waals surface area (Å²) < 4.78 is 5.10. The zero-order valence-corrected chi connectivity index (χ0v) is 15.9. The van der Waals surface area contributed by atoms with Gasteiger partial charge in [0.2, 0.25) is 5.91 Å². The second-order valence-electron chi connectivity index (χ2n) is 6.10. The average molecular weight is 363 g/mol. The van der Waals surface area contributed by atoms with Crippen molar-refractivity contribution < 1.29 is 9.53 Å². The van der Waals surface area contributed by atoms with Gasteiger partial charge in [-0.05, 0) is 49.7 Å². The number of hydrogen-bond acceptors (Lipinski definition) is 5. The standard InChI is InChI=1S/C20H34N4O2/c1-26-19-9-6-18(7-10-19)8-11-20(25)24-17-16-23-14-5-3-2-4-13-22-15-12-21/h6-11,22-23H,2-5,12-17,21H2,1H3,(H,24,25)/b11-8+. The van der Waals surface area contributed by atoms with Crippen LogP contribution >= 0.6 is 0 Å². The summed E-state index contributed by atoms with van der Waals surface area (Å²) in [6.45, 7) is 5.09. The number of nitrogens with two attached hydrogens (primary N) is 1. The Balaban J connectivity index is 1.95. The minimum Gasteiger partial charge on any atom is -0.497 e. The number of ether oxygens (including phenoxy) is 1. The lowest BCUT2D eigenvalue weighted by Gasteiger charge is -2.06. The highest BCUT2D eigenvalue weighted by atomic mass is 16.5. The molecule has 0 saturated heterocycles. The molecule has 6 nitrogen and oxygen atoms in total. The van der Waals surface area contributed by atoms with Crippen LogP contribution in [0.4, 0.5) is 0 Å². The van der Waals surface area contributed by atoms with Crippen LogP contribution in [0.15, 0.2) is 30.3 Å². The van der Waals surface area contributed by atoms with Gasteiger partial charge < -0.3 is 26.4 Å². The van der Waals surface area contributed by atoms with Gasteiger partial charge in [0.05, 0.1) is 7.11 Å². The van der Waals surface area contributed by atoms with E-state index in [1.807, 2.05) is 24.3 Å². The molecule has 1 aromatic rings. The summed E-state index contributed by atoms with van der Waals surface area (Å²) in [6.07, 6.45) is 8.20. The van der Waals surface area contributed by atoms with Crippen molar-refractivity contribution in [1.29, 1.82) is 0 Å². The number of hydrogen-bond donors (Lipinski definition) is 4. The Bertz CT molecular complexity index is 503. The molecule has 146 valence electrons. The molecule has 0 fully saturated rings. The molecule has 1 aromatic carbocycles. The predicted molar refractivity (Wildman–Crippen MR) is 108 cm³/mol. The molecule has 0 unspecified atom stereocenters. The van der Waals surface area contributed by atoms with Crippen LogP contribution in [-0.2, 0) is 4.79 Å². The summed E-state index contributed by atoms with van der Waals surface area (Å²) in [7, 11) is 1.63. The highest BCUT2D eigenvalue weighted by Gasteiger charge is 1.96. The van der Waals surface area contributed by atoms with E-state index in [0.717, 1.165) is 37.5 Å². The van der Waals surface area contributed by atoms with E-state index in [9.17, 15) is 4.79 Å². The van der Waals surface area contributed by atoms with Crippen molar-refractivity contribution in [1.82, 2.24) is 16.0 Å². The molecule has 0 heterocycles. The largest absolute Gasteiger partial charge is 0.497 e. The van der Waals surface area contributed by atoms with Gasteiger partial charge in [-0.2, -0.15) is 0 Å². The summed E-state index contributed by atoms with van der Waals surface area (Å²) in [5.74, 6) is 0.730. The van der Waals surface area contributed by atoms with E-state index in [1.165, 1.54) is 25.7 Å². The average Bonchev–Trinajstić information content (AvgIpc) is 2.67. The predicted octanol–water partition coefficient (Wildman–Crippen LogP) is 1.52. The zero-order chi connectivity index (χ0) is 18.9. The number of carbonyl (C=O) groups is 1. The van der Waals surface area contributed by atoms with Gasteiger partial charge in [0.25, 0.3) is 0 Å². The Hall–Kier alpha value is -1.89. The Kier molecular flexibility index (Phi) is 13.1. The van der Waals surface area contributed by atoms with Gasteiger partial charge in [-0.15, -0.1) is 0 Å². The molecule has 0 spiro atoms. The van der Waals surface area contributed by atoms with Gasteiger partial charge in [0.15, 0.2) is 0 Å². The third-order valence-electron chi connectivity index (χ3n) is 3.92. The Morgan fingerprint density at radius 2 is 1.62 bits per heavy atom. The first kappa shape index (κ1) is 22.2. The Morgan fingerprint density at radius 1 is 0.962 bits per heavy atom. The van der Waals surface area contributed by atoms with Gasteiger partial charge >= 0.3 is 0 Å². The van der Waals surface area contributed by atoms with Crippen molar-refractivity contribution in [3.05, 3.63) is 35.9 Å². The molecule has 0 aliphatic rings. The third kappa shape index (κ3) is 11.6. The second-order valence-corrected chi connectivity index (χ2v) is 6.10. The molecular weight excluding hydrogens is 328 g/mol. The van der Waals surface area contributed by atoms with Crippen LogP contribution < -0.4 is 26.4 Å². The Labute approximate surface area is 157 Å². The molecule has 1 amide bonds. The number of amides is 1. The fourth-order valence-electron chi connectivity index (χ4n) is 2.43. The fraction of sp³-hybridized carbons (Fsp3) is 0.550. The smallest absolute Gasteiger partial charge is 0.244 e. The maximum atomic E-state index is 11.8. The van der Waals surface area contributed by atoms with Crippen LogP contribution in [0, 0.1) is 0 Å². The van der Waals surface area contributed by atoms with E-state index in [2.05, 4.69) is 16.0 Å². The van der Waals surface area contributed by atoms with E-state index < -0.39 is 0 Å². The molecule has 0 aliphatic carbocycles. The highest BCUT2D eigenvalue weighted by molar-refractivity contribution is 5.91. The summed E-state index contributed by atoms with van der Waals surface area (Å²) >= 11 is 0. The highest BCUT2D eigenvalue weighted by Crippen LogP contribution is 2.12. The van der Waals surface area contributed by atoms with Crippen LogP contribution in [0.2, 0.25) is 0 Å². The molecule has 0 bridgehead atoms. The molecule has 5 N–H and O–H groups in total. The lowest BCUT2D eigenvalue weighted by atomic mass is 10.2. The molecule has 26 heavy (non-hydrogen) atoms. The summed E-state index contributed by atoms with van der Waals surface area (Å²) in [4.78, 5) is 11.8. The van der Waals surface area contributed by atoms with E-state index >= 15 is 0 Å². The number of nitrogens with one attached hydrogen (secondary N) is 3. The number of rotatable bonds is 15. The zero-order valence-electron chi connectivity index (χ0n) is 15.9. The van der Waals surface area contributed by atoms with Gasteiger partial charge in [-0.3, -0.25) is 4.79 Å². The summed E-state index contributed by atoms with van der Waals surface area (Å²) in [5.41, 5.74) is 6.39. The number of benzene rings is 1. The summed E-state index contributed by atoms with van der Waals surface area (Å²) in [6, 6.07) is 7.58. The molecule has 1 rings (SSSR count). The monoisotopic (exact) mass is 362 g/mol. The molecule has 6 heteroatoms. The molecule has 0 atom stereocenters. The van der Waals surface area contributed by atoms with Crippen molar-refractivity contribution in [2.24, 2.45) is 5.73 Å². The third-order valence-corrected chi connectivity index (χ3v) is 3.92. The van der Waals surface area contributed by atoms with Gasteiger partial charge in [-0.1, -0.05) is 25.0 Å². The lowest BCUT2D eigenvalue weighted by Crippen LogP contribution is -2.31. The first-order valence-electron chi connectivity index (χ1n) is 9.47. The van der Waals surface area contributed by atoms with Crippen LogP contribution in [0.25, 0.3) is 6.08 Å². The van der Waals surface area contributed by atoms with Crippen molar-refractivity contribution in [2.45, 2.75) is 25.7 Å². The molecule has 0 saturated carbocycles. The van der Waals surface area contributed by atoms with E-state index in [-0.39, 0.29) is 5.91 Å². The van der Waals surface area contributed by atoms with Crippen molar-refractivity contribution in [2.75, 3.05) is 46.4 Å². The van der Waals surface area contributed by atoms with Crippen molar-refractivity contribution >= 4 is 12.0 Å².